The molecule has 2 aliphatic heterocycles. The van der Waals surface area contributed by atoms with Crippen molar-refractivity contribution in [3.8, 4) is 0 Å². The number of hydrogen-bond donors (Lipinski definition) is 1. The first-order valence-corrected chi connectivity index (χ1v) is 15.0. The fourth-order valence-corrected chi connectivity index (χ4v) is 6.77. The van der Waals surface area contributed by atoms with Gasteiger partial charge in [0.05, 0.1) is 6.61 Å². The molecule has 1 N–H and O–H groups in total. The van der Waals surface area contributed by atoms with Crippen molar-refractivity contribution in [2.75, 3.05) is 62.2 Å². The average Bonchev–Trinajstić information content (AvgIpc) is 2.90. The summed E-state index contributed by atoms with van der Waals surface area (Å²) in [5.74, 6) is 1.81. The summed E-state index contributed by atoms with van der Waals surface area (Å²) >= 11 is 0. The minimum absolute atomic E-state index is 0. The maximum atomic E-state index is 10.8. The molecule has 0 bridgehead atoms. The van der Waals surface area contributed by atoms with Gasteiger partial charge in [0.15, 0.2) is 0 Å². The fourth-order valence-electron chi connectivity index (χ4n) is 6.77. The van der Waals surface area contributed by atoms with E-state index < -0.39 is 6.16 Å². The number of piperidine rings is 1. The Hall–Kier alpha value is -1.66. The lowest BCUT2D eigenvalue weighted by atomic mass is 9.68. The summed E-state index contributed by atoms with van der Waals surface area (Å²) in [6, 6.07) is 7.29. The number of unbranched alkanes of at least 4 members (excludes halogenated alkanes) is 1. The fraction of sp³-hybridized carbons (Fsp3) is 0.774. The Morgan fingerprint density at radius 3 is 2.18 bits per heavy atom. The third kappa shape index (κ3) is 8.17. The number of carbonyl (C=O) groups is 1. The van der Waals surface area contributed by atoms with Gasteiger partial charge in [0, 0.05) is 50.6 Å². The van der Waals surface area contributed by atoms with Crippen LogP contribution >= 0.6 is 12.4 Å². The van der Waals surface area contributed by atoms with Crippen LogP contribution in [0.4, 0.5) is 16.2 Å². The molecule has 2 saturated heterocycles. The first kappa shape index (κ1) is 30.9. The quantitative estimate of drug-likeness (QED) is 0.344. The van der Waals surface area contributed by atoms with Crippen LogP contribution in [0.3, 0.4) is 0 Å². The van der Waals surface area contributed by atoms with Crippen molar-refractivity contribution in [2.45, 2.75) is 85.0 Å². The van der Waals surface area contributed by atoms with Crippen LogP contribution < -0.4 is 9.80 Å². The normalized spacial score (nSPS) is 23.7. The van der Waals surface area contributed by atoms with Gasteiger partial charge < -0.3 is 19.6 Å². The lowest BCUT2D eigenvalue weighted by Crippen LogP contribution is -2.47. The minimum atomic E-state index is -1.16. The predicted molar refractivity (Wildman–Crippen MR) is 160 cm³/mol. The first-order valence-electron chi connectivity index (χ1n) is 15.0. The van der Waals surface area contributed by atoms with Crippen molar-refractivity contribution in [1.29, 1.82) is 0 Å². The third-order valence-electron chi connectivity index (χ3n) is 9.37. The van der Waals surface area contributed by atoms with Crippen LogP contribution in [0, 0.1) is 17.3 Å². The number of ether oxygens (including phenoxy) is 1. The van der Waals surface area contributed by atoms with E-state index in [4.69, 9.17) is 9.84 Å². The molecular formula is C31H52ClN3O3. The molecule has 216 valence electrons. The predicted octanol–water partition coefficient (Wildman–Crippen LogP) is 7.26. The van der Waals surface area contributed by atoms with Crippen molar-refractivity contribution >= 4 is 29.9 Å². The zero-order valence-corrected chi connectivity index (χ0v) is 25.1. The van der Waals surface area contributed by atoms with Crippen LogP contribution in [-0.2, 0) is 4.74 Å². The summed E-state index contributed by atoms with van der Waals surface area (Å²) in [6.45, 7) is 17.6. The molecule has 1 aromatic carbocycles. The number of piperazine rings is 1. The Labute approximate surface area is 237 Å². The second-order valence-corrected chi connectivity index (χ2v) is 12.8. The number of benzene rings is 1. The Morgan fingerprint density at radius 2 is 1.61 bits per heavy atom. The highest BCUT2D eigenvalue weighted by Gasteiger charge is 2.32. The molecular weight excluding hydrogens is 498 g/mol. The summed E-state index contributed by atoms with van der Waals surface area (Å²) in [5.41, 5.74) is 4.79. The Bertz CT molecular complexity index is 866. The summed E-state index contributed by atoms with van der Waals surface area (Å²) in [7, 11) is 0. The maximum Gasteiger partial charge on any atom is 0.505 e. The summed E-state index contributed by atoms with van der Waals surface area (Å²) in [5, 5.41) is 8.84. The van der Waals surface area contributed by atoms with Gasteiger partial charge in [-0.05, 0) is 98.4 Å². The molecule has 1 aliphatic carbocycles. The Balaban J connectivity index is 0.00000400. The molecule has 0 amide bonds. The molecule has 0 atom stereocenters. The van der Waals surface area contributed by atoms with Gasteiger partial charge >= 0.3 is 6.16 Å². The molecule has 0 radical (unpaired) electrons. The number of carboxylic acid groups (broad SMARTS) is 1. The van der Waals surface area contributed by atoms with Gasteiger partial charge in [-0.2, -0.15) is 0 Å². The molecule has 1 aromatic rings. The van der Waals surface area contributed by atoms with Gasteiger partial charge in [-0.25, -0.2) is 4.79 Å². The number of hydrogen-bond acceptors (Lipinski definition) is 5. The molecule has 0 aromatic heterocycles. The van der Waals surface area contributed by atoms with E-state index in [9.17, 15) is 4.79 Å². The first-order chi connectivity index (χ1) is 17.7. The smallest absolute Gasteiger partial charge is 0.450 e. The van der Waals surface area contributed by atoms with E-state index in [1.165, 1.54) is 69.5 Å². The summed E-state index contributed by atoms with van der Waals surface area (Å²) < 4.78 is 4.85. The molecule has 6 nitrogen and oxygen atoms in total. The van der Waals surface area contributed by atoms with Crippen LogP contribution in [0.1, 0.15) is 90.5 Å². The molecule has 38 heavy (non-hydrogen) atoms. The van der Waals surface area contributed by atoms with E-state index in [0.717, 1.165) is 44.9 Å². The molecule has 3 aliphatic rings. The van der Waals surface area contributed by atoms with Crippen molar-refractivity contribution in [3.63, 3.8) is 0 Å². The molecule has 0 spiro atoms. The van der Waals surface area contributed by atoms with Gasteiger partial charge in [0.2, 0.25) is 0 Å². The second kappa shape index (κ2) is 14.1. The van der Waals surface area contributed by atoms with Gasteiger partial charge in [-0.3, -0.25) is 4.90 Å². The van der Waals surface area contributed by atoms with Crippen molar-refractivity contribution in [3.05, 3.63) is 23.8 Å². The molecule has 0 unspecified atom stereocenters. The van der Waals surface area contributed by atoms with Crippen LogP contribution in [-0.4, -0.2) is 68.6 Å². The van der Waals surface area contributed by atoms with Crippen LogP contribution in [0.25, 0.3) is 0 Å². The van der Waals surface area contributed by atoms with Crippen LogP contribution in [0.2, 0.25) is 0 Å². The number of rotatable bonds is 8. The SMILES string of the molecule is CCCCN1CCN(c2ccc(N3CCC(COC(=O)O)CC3)cc2C2CCC(C(C)(C)C)CC2)CC1.Cl. The number of halogens is 1. The second-order valence-electron chi connectivity index (χ2n) is 12.8. The zero-order valence-electron chi connectivity index (χ0n) is 24.3. The van der Waals surface area contributed by atoms with Gasteiger partial charge in [0.1, 0.15) is 0 Å². The van der Waals surface area contributed by atoms with E-state index >= 15 is 0 Å². The van der Waals surface area contributed by atoms with E-state index in [0.29, 0.717) is 23.9 Å². The van der Waals surface area contributed by atoms with Crippen LogP contribution in [0.5, 0.6) is 0 Å². The standard InChI is InChI=1S/C31H51N3O3.ClH/c1-5-6-15-32-18-20-34(21-19-32)29-12-11-27(33-16-13-24(14-17-33)23-37-30(35)36)22-28(29)25-7-9-26(10-8-25)31(2,3)4;/h11-12,22,24-26H,5-10,13-21,23H2,1-4H3,(H,35,36);1H. The van der Waals surface area contributed by atoms with E-state index in [-0.39, 0.29) is 12.4 Å². The average molecular weight is 550 g/mol. The largest absolute Gasteiger partial charge is 0.505 e. The minimum Gasteiger partial charge on any atom is -0.450 e. The highest BCUT2D eigenvalue weighted by atomic mass is 35.5. The Kier molecular flexibility index (Phi) is 11.5. The van der Waals surface area contributed by atoms with E-state index in [1.54, 1.807) is 5.56 Å². The lowest BCUT2D eigenvalue weighted by molar-refractivity contribution is 0.0727. The Morgan fingerprint density at radius 1 is 0.947 bits per heavy atom. The van der Waals surface area contributed by atoms with Gasteiger partial charge in [-0.1, -0.05) is 34.1 Å². The number of anilines is 2. The summed E-state index contributed by atoms with van der Waals surface area (Å²) in [4.78, 5) is 18.6. The topological polar surface area (TPSA) is 56.2 Å². The van der Waals surface area contributed by atoms with E-state index in [1.807, 2.05) is 0 Å². The third-order valence-corrected chi connectivity index (χ3v) is 9.37. The highest BCUT2D eigenvalue weighted by Crippen LogP contribution is 2.46. The zero-order chi connectivity index (χ0) is 26.4. The molecule has 7 heteroatoms. The lowest BCUT2D eigenvalue weighted by Gasteiger charge is -2.41. The summed E-state index contributed by atoms with van der Waals surface area (Å²) in [6.07, 6.45) is 8.64. The van der Waals surface area contributed by atoms with E-state index in [2.05, 4.69) is 60.6 Å². The van der Waals surface area contributed by atoms with Crippen molar-refractivity contribution in [1.82, 2.24) is 4.90 Å². The number of nitrogens with zero attached hydrogens (tertiary/aromatic N) is 3. The molecule has 4 rings (SSSR count). The van der Waals surface area contributed by atoms with Crippen molar-refractivity contribution < 1.29 is 14.6 Å². The molecule has 1 saturated carbocycles. The van der Waals surface area contributed by atoms with Gasteiger partial charge in [-0.15, -0.1) is 12.4 Å². The monoisotopic (exact) mass is 549 g/mol. The molecule has 3 fully saturated rings. The van der Waals surface area contributed by atoms with Gasteiger partial charge in [0.25, 0.3) is 0 Å². The van der Waals surface area contributed by atoms with Crippen molar-refractivity contribution in [2.24, 2.45) is 17.3 Å². The maximum absolute atomic E-state index is 10.8. The molecule has 2 heterocycles. The van der Waals surface area contributed by atoms with Crippen LogP contribution in [0.15, 0.2) is 18.2 Å². The highest BCUT2D eigenvalue weighted by molar-refractivity contribution is 5.85.